The lowest BCUT2D eigenvalue weighted by molar-refractivity contribution is 0.0122. The number of likely N-dealkylation sites (N-methyl/N-ethyl adjacent to an activating group) is 1. The van der Waals surface area contributed by atoms with Gasteiger partial charge in [-0.1, -0.05) is 22.9 Å². The highest BCUT2D eigenvalue weighted by atomic mass is 35.5. The van der Waals surface area contributed by atoms with Gasteiger partial charge in [0.2, 0.25) is 0 Å². The van der Waals surface area contributed by atoms with Crippen LogP contribution in [0.4, 0.5) is 29.3 Å². The first-order valence-electron chi connectivity index (χ1n) is 19.0. The van der Waals surface area contributed by atoms with Crippen LogP contribution in [0.5, 0.6) is 6.01 Å². The lowest BCUT2D eigenvalue weighted by Crippen LogP contribution is -2.57. The number of fused-ring (bicyclic) bond motifs is 4. The minimum absolute atomic E-state index is 0.00461. The quantitative estimate of drug-likeness (QED) is 0.197. The number of aromatic nitrogens is 3. The third-order valence-electron chi connectivity index (χ3n) is 10.0. The molecule has 17 heteroatoms. The van der Waals surface area contributed by atoms with E-state index in [1.54, 1.807) is 26.8 Å². The van der Waals surface area contributed by atoms with Crippen molar-refractivity contribution in [1.29, 1.82) is 0 Å². The number of piperazine rings is 2. The second-order valence-corrected chi connectivity index (χ2v) is 18.3. The Morgan fingerprint density at radius 2 is 1.62 bits per heavy atom. The third kappa shape index (κ3) is 8.58. The summed E-state index contributed by atoms with van der Waals surface area (Å²) in [5.74, 6) is -0.914. The molecule has 1 N–H and O–H groups in total. The number of halogens is 3. The maximum absolute atomic E-state index is 17.3. The number of carbonyl (C=O) groups excluding carboxylic acids is 2. The first kappa shape index (κ1) is 40.1. The summed E-state index contributed by atoms with van der Waals surface area (Å²) in [6, 6.07) is 3.96. The third-order valence-corrected chi connectivity index (χ3v) is 11.3. The highest BCUT2D eigenvalue weighted by molar-refractivity contribution is 7.22. The van der Waals surface area contributed by atoms with E-state index in [0.29, 0.717) is 30.8 Å². The van der Waals surface area contributed by atoms with Gasteiger partial charge in [0, 0.05) is 62.3 Å². The van der Waals surface area contributed by atoms with Crippen LogP contribution in [0.3, 0.4) is 0 Å². The van der Waals surface area contributed by atoms with Crippen molar-refractivity contribution in [2.45, 2.75) is 90.7 Å². The molecule has 0 saturated carbocycles. The SMILES string of the molecule is C[C@@H](CN1CCN(C)CC1)Oc1nc(N2CC3CCC(C2)N3C(=O)OC(C)(C)C)c2cc(Cl)c(-c3ccc(F)c4sc(NC(=O)OC(C)(C)C)nc34)c(F)c2n1. The Hall–Kier alpha value is -4.12. The molecule has 4 aromatic rings. The number of hydrogen-bond acceptors (Lipinski definition) is 12. The number of hydrogen-bond donors (Lipinski definition) is 1. The number of rotatable bonds is 7. The summed E-state index contributed by atoms with van der Waals surface area (Å²) in [6.45, 7) is 17.8. The van der Waals surface area contributed by atoms with Gasteiger partial charge >= 0.3 is 18.2 Å². The smallest absolute Gasteiger partial charge is 0.413 e. The van der Waals surface area contributed by atoms with Gasteiger partial charge in [-0.25, -0.2) is 23.4 Å². The zero-order valence-electron chi connectivity index (χ0n) is 33.0. The number of carbonyl (C=O) groups is 2. The van der Waals surface area contributed by atoms with Gasteiger partial charge in [-0.2, -0.15) is 9.97 Å². The fourth-order valence-electron chi connectivity index (χ4n) is 7.62. The van der Waals surface area contributed by atoms with E-state index in [1.807, 2.05) is 37.5 Å². The van der Waals surface area contributed by atoms with Crippen molar-refractivity contribution in [2.24, 2.45) is 0 Å². The maximum Gasteiger partial charge on any atom is 0.413 e. The molecule has 3 saturated heterocycles. The molecule has 2 bridgehead atoms. The Bertz CT molecular complexity index is 2140. The molecular weight excluding hydrogens is 766 g/mol. The van der Waals surface area contributed by atoms with Crippen molar-refractivity contribution in [1.82, 2.24) is 29.7 Å². The van der Waals surface area contributed by atoms with Crippen LogP contribution in [0.1, 0.15) is 61.3 Å². The number of nitrogens with zero attached hydrogens (tertiary/aromatic N) is 7. The van der Waals surface area contributed by atoms with E-state index in [1.165, 1.54) is 12.1 Å². The van der Waals surface area contributed by atoms with Crippen LogP contribution in [-0.4, -0.2) is 124 Å². The summed E-state index contributed by atoms with van der Waals surface area (Å²) in [5, 5.41) is 3.04. The average molecular weight is 815 g/mol. The van der Waals surface area contributed by atoms with E-state index in [4.69, 9.17) is 30.8 Å². The molecule has 5 heterocycles. The van der Waals surface area contributed by atoms with Crippen molar-refractivity contribution < 1.29 is 32.6 Å². The van der Waals surface area contributed by atoms with Gasteiger partial charge in [0.25, 0.3) is 0 Å². The Morgan fingerprint density at radius 3 is 2.27 bits per heavy atom. The Morgan fingerprint density at radius 1 is 0.964 bits per heavy atom. The standard InChI is InChI=1S/C39H49ClF2N8O5S/c1-21(18-48-15-13-47(8)14-16-48)53-34-43-30-25(33(45-34)49-19-22-9-10-23(20-49)50(22)37(52)55-39(5,6)7)17-26(40)28(29(30)42)24-11-12-27(41)32-31(24)44-35(56-32)46-36(51)54-38(2,3)4/h11-12,17,21-23H,9-10,13-16,18-20H2,1-8H3,(H,44,46,51)/t21-,22?,23?/m0/s1. The summed E-state index contributed by atoms with van der Waals surface area (Å²) in [4.78, 5) is 48.3. The average Bonchev–Trinajstić information content (AvgIpc) is 3.63. The maximum atomic E-state index is 17.3. The van der Waals surface area contributed by atoms with Crippen LogP contribution in [-0.2, 0) is 9.47 Å². The topological polar surface area (TPSA) is 125 Å². The number of thiazole rings is 1. The minimum Gasteiger partial charge on any atom is -0.459 e. The van der Waals surface area contributed by atoms with E-state index < -0.39 is 28.9 Å². The second-order valence-electron chi connectivity index (χ2n) is 16.9. The Balaban J connectivity index is 1.28. The molecule has 3 aliphatic rings. The van der Waals surface area contributed by atoms with Crippen molar-refractivity contribution >= 4 is 67.2 Å². The highest BCUT2D eigenvalue weighted by Crippen LogP contribution is 2.44. The van der Waals surface area contributed by atoms with Gasteiger partial charge in [0.15, 0.2) is 10.9 Å². The van der Waals surface area contributed by atoms with Crippen molar-refractivity contribution in [3.8, 4) is 17.1 Å². The fraction of sp³-hybridized carbons (Fsp3) is 0.564. The zero-order chi connectivity index (χ0) is 40.3. The van der Waals surface area contributed by atoms with Gasteiger partial charge in [0.05, 0.1) is 27.3 Å². The van der Waals surface area contributed by atoms with Crippen LogP contribution in [0.15, 0.2) is 18.2 Å². The molecule has 3 aliphatic heterocycles. The monoisotopic (exact) mass is 814 g/mol. The molecule has 56 heavy (non-hydrogen) atoms. The van der Waals surface area contributed by atoms with Gasteiger partial charge in [-0.05, 0) is 86.6 Å². The Kier molecular flexibility index (Phi) is 11.0. The first-order valence-corrected chi connectivity index (χ1v) is 20.2. The lowest BCUT2D eigenvalue weighted by atomic mass is 10.0. The summed E-state index contributed by atoms with van der Waals surface area (Å²) in [6.07, 6.45) is 0.142. The zero-order valence-corrected chi connectivity index (χ0v) is 34.6. The van der Waals surface area contributed by atoms with E-state index in [9.17, 15) is 9.59 Å². The van der Waals surface area contributed by atoms with Gasteiger partial charge in [-0.3, -0.25) is 15.1 Å². The van der Waals surface area contributed by atoms with Crippen molar-refractivity contribution in [2.75, 3.05) is 63.1 Å². The molecule has 2 amide bonds. The van der Waals surface area contributed by atoms with Crippen molar-refractivity contribution in [3.63, 3.8) is 0 Å². The molecule has 3 atom stereocenters. The van der Waals surface area contributed by atoms with Gasteiger partial charge < -0.3 is 24.0 Å². The molecule has 2 unspecified atom stereocenters. The molecule has 0 spiro atoms. The normalized spacial score (nSPS) is 20.1. The summed E-state index contributed by atoms with van der Waals surface area (Å²) >= 11 is 7.86. The van der Waals surface area contributed by atoms with Crippen molar-refractivity contribution in [3.05, 3.63) is 34.9 Å². The fourth-order valence-corrected chi connectivity index (χ4v) is 8.80. The molecule has 3 fully saturated rings. The van der Waals surface area contributed by atoms with E-state index in [2.05, 4.69) is 32.1 Å². The molecule has 0 radical (unpaired) electrons. The number of ether oxygens (including phenoxy) is 3. The van der Waals surface area contributed by atoms with E-state index >= 15 is 8.78 Å². The highest BCUT2D eigenvalue weighted by Gasteiger charge is 2.45. The van der Waals surface area contributed by atoms with Crippen LogP contribution < -0.4 is 15.0 Å². The number of nitrogens with one attached hydrogen (secondary N) is 1. The summed E-state index contributed by atoms with van der Waals surface area (Å²) in [5.41, 5.74) is -1.14. The number of anilines is 2. The van der Waals surface area contributed by atoms with E-state index in [0.717, 1.165) is 50.4 Å². The predicted molar refractivity (Wildman–Crippen MR) is 214 cm³/mol. The van der Waals surface area contributed by atoms with E-state index in [-0.39, 0.29) is 67.3 Å². The molecule has 7 rings (SSSR count). The molecule has 13 nitrogen and oxygen atoms in total. The molecule has 302 valence electrons. The number of amides is 2. The summed E-state index contributed by atoms with van der Waals surface area (Å²) < 4.78 is 50.1. The first-order chi connectivity index (χ1) is 26.3. The second kappa shape index (κ2) is 15.3. The van der Waals surface area contributed by atoms with Gasteiger partial charge in [-0.15, -0.1) is 0 Å². The lowest BCUT2D eigenvalue weighted by Gasteiger charge is -2.42. The van der Waals surface area contributed by atoms with Crippen LogP contribution in [0.25, 0.3) is 32.2 Å². The molecular formula is C39H49ClF2N8O5S. The Labute approximate surface area is 334 Å². The van der Waals surface area contributed by atoms with Crippen LogP contribution in [0.2, 0.25) is 5.02 Å². The van der Waals surface area contributed by atoms with Crippen LogP contribution >= 0.6 is 22.9 Å². The summed E-state index contributed by atoms with van der Waals surface area (Å²) in [7, 11) is 2.10. The predicted octanol–water partition coefficient (Wildman–Crippen LogP) is 7.79. The molecule has 2 aromatic heterocycles. The minimum atomic E-state index is -0.768. The number of benzene rings is 2. The molecule has 0 aliphatic carbocycles. The molecule has 2 aromatic carbocycles. The van der Waals surface area contributed by atoms with Crippen LogP contribution in [0, 0.1) is 11.6 Å². The van der Waals surface area contributed by atoms with Gasteiger partial charge in [0.1, 0.15) is 34.5 Å². The largest absolute Gasteiger partial charge is 0.459 e.